The Morgan fingerprint density at radius 2 is 1.93 bits per heavy atom. The first-order valence-electron chi connectivity index (χ1n) is 8.76. The molecule has 1 aliphatic heterocycles. The number of ether oxygens (including phenoxy) is 1. The molecule has 2 aromatic heterocycles. The van der Waals surface area contributed by atoms with Gasteiger partial charge in [-0.15, -0.1) is 0 Å². The summed E-state index contributed by atoms with van der Waals surface area (Å²) in [5, 5.41) is 10.9. The van der Waals surface area contributed by atoms with E-state index in [1.54, 1.807) is 18.3 Å². The molecule has 1 aliphatic rings. The average molecular weight is 381 g/mol. The Morgan fingerprint density at radius 3 is 2.56 bits per heavy atom. The van der Waals surface area contributed by atoms with Crippen molar-refractivity contribution in [3.63, 3.8) is 0 Å². The van der Waals surface area contributed by atoms with Crippen molar-refractivity contribution in [2.45, 2.75) is 38.1 Å². The largest absolute Gasteiger partial charge is 0.468 e. The lowest BCUT2D eigenvalue weighted by molar-refractivity contribution is -0.154. The minimum absolute atomic E-state index is 0.00383. The molecule has 3 rings (SSSR count). The zero-order chi connectivity index (χ0) is 19.5. The Morgan fingerprint density at radius 1 is 1.19 bits per heavy atom. The lowest BCUT2D eigenvalue weighted by Crippen LogP contribution is -2.42. The molecule has 0 aromatic carbocycles. The van der Waals surface area contributed by atoms with Crippen LogP contribution in [0.2, 0.25) is 0 Å². The zero-order valence-electron chi connectivity index (χ0n) is 15.0. The van der Waals surface area contributed by atoms with Gasteiger partial charge in [0.1, 0.15) is 5.60 Å². The predicted molar refractivity (Wildman–Crippen MR) is 93.2 cm³/mol. The maximum absolute atomic E-state index is 12.4. The Hall–Kier alpha value is -2.19. The number of pyridine rings is 2. The van der Waals surface area contributed by atoms with Crippen LogP contribution in [-0.4, -0.2) is 45.8 Å². The molecular weight excluding hydrogens is 359 g/mol. The number of aryl methyl sites for hydroxylation is 1. The van der Waals surface area contributed by atoms with Crippen molar-refractivity contribution in [2.75, 3.05) is 19.7 Å². The van der Waals surface area contributed by atoms with Crippen LogP contribution in [0.25, 0.3) is 0 Å². The Kier molecular flexibility index (Phi) is 5.67. The molecule has 0 aliphatic carbocycles. The molecule has 0 saturated carbocycles. The van der Waals surface area contributed by atoms with Crippen LogP contribution in [0, 0.1) is 6.92 Å². The standard InChI is InChI=1S/C19H22F3N3O2/c1-14-4-5-16(24-11-14)18(26)6-9-25(10-7-18)12-15-3-2-8-23-17(15)27-13-19(20,21)22/h2-5,8,11,26H,6-7,9-10,12-13H2,1H3. The van der Waals surface area contributed by atoms with Crippen LogP contribution in [0.4, 0.5) is 13.2 Å². The van der Waals surface area contributed by atoms with Crippen LogP contribution in [0.1, 0.15) is 29.7 Å². The molecule has 5 nitrogen and oxygen atoms in total. The van der Waals surface area contributed by atoms with Gasteiger partial charge in [-0.3, -0.25) is 9.88 Å². The third-order valence-electron chi connectivity index (χ3n) is 4.69. The number of likely N-dealkylation sites (tertiary alicyclic amines) is 1. The fourth-order valence-electron chi connectivity index (χ4n) is 3.15. The molecule has 1 N–H and O–H groups in total. The van der Waals surface area contributed by atoms with E-state index in [-0.39, 0.29) is 5.88 Å². The first kappa shape index (κ1) is 19.6. The molecule has 0 amide bonds. The highest BCUT2D eigenvalue weighted by molar-refractivity contribution is 5.26. The summed E-state index contributed by atoms with van der Waals surface area (Å²) < 4.78 is 42.1. The van der Waals surface area contributed by atoms with E-state index >= 15 is 0 Å². The number of piperidine rings is 1. The smallest absolute Gasteiger partial charge is 0.422 e. The molecule has 0 radical (unpaired) electrons. The van der Waals surface area contributed by atoms with Gasteiger partial charge in [-0.1, -0.05) is 12.1 Å². The Balaban J connectivity index is 1.62. The fourth-order valence-corrected chi connectivity index (χ4v) is 3.15. The third kappa shape index (κ3) is 5.17. The van der Waals surface area contributed by atoms with Gasteiger partial charge in [0.05, 0.1) is 5.69 Å². The van der Waals surface area contributed by atoms with E-state index in [0.717, 1.165) is 5.56 Å². The van der Waals surface area contributed by atoms with Crippen LogP contribution in [0.3, 0.4) is 0 Å². The summed E-state index contributed by atoms with van der Waals surface area (Å²) in [5.74, 6) is -0.00383. The fraction of sp³-hybridized carbons (Fsp3) is 0.474. The molecule has 146 valence electrons. The summed E-state index contributed by atoms with van der Waals surface area (Å²) in [6.07, 6.45) is -0.256. The zero-order valence-corrected chi connectivity index (χ0v) is 15.0. The highest BCUT2D eigenvalue weighted by Gasteiger charge is 2.35. The molecule has 27 heavy (non-hydrogen) atoms. The highest BCUT2D eigenvalue weighted by atomic mass is 19.4. The maximum Gasteiger partial charge on any atom is 0.422 e. The normalized spacial score (nSPS) is 17.7. The van der Waals surface area contributed by atoms with Crippen molar-refractivity contribution in [2.24, 2.45) is 0 Å². The van der Waals surface area contributed by atoms with Gasteiger partial charge in [0.2, 0.25) is 5.88 Å². The summed E-state index contributed by atoms with van der Waals surface area (Å²) in [6.45, 7) is 2.18. The van der Waals surface area contributed by atoms with E-state index in [0.29, 0.717) is 43.7 Å². The molecule has 0 bridgehead atoms. The summed E-state index contributed by atoms with van der Waals surface area (Å²) in [6, 6.07) is 7.15. The molecule has 2 aromatic rings. The number of nitrogens with zero attached hydrogens (tertiary/aromatic N) is 3. The molecule has 0 unspecified atom stereocenters. The van der Waals surface area contributed by atoms with Crippen molar-refractivity contribution in [3.8, 4) is 5.88 Å². The summed E-state index contributed by atoms with van der Waals surface area (Å²) in [5.41, 5.74) is 1.31. The van der Waals surface area contributed by atoms with Crippen LogP contribution in [0.5, 0.6) is 5.88 Å². The second-order valence-corrected chi connectivity index (χ2v) is 6.90. The first-order valence-corrected chi connectivity index (χ1v) is 8.76. The van der Waals surface area contributed by atoms with Crippen molar-refractivity contribution < 1.29 is 23.0 Å². The number of alkyl halides is 3. The van der Waals surface area contributed by atoms with E-state index in [1.165, 1.54) is 6.20 Å². The van der Waals surface area contributed by atoms with Crippen LogP contribution < -0.4 is 4.74 Å². The van der Waals surface area contributed by atoms with Crippen LogP contribution >= 0.6 is 0 Å². The van der Waals surface area contributed by atoms with Crippen molar-refractivity contribution in [1.82, 2.24) is 14.9 Å². The van der Waals surface area contributed by atoms with Gasteiger partial charge in [-0.05, 0) is 37.5 Å². The topological polar surface area (TPSA) is 58.5 Å². The van der Waals surface area contributed by atoms with Gasteiger partial charge in [0.25, 0.3) is 0 Å². The number of rotatable bonds is 5. The number of hydrogen-bond donors (Lipinski definition) is 1. The van der Waals surface area contributed by atoms with Crippen LogP contribution in [0.15, 0.2) is 36.7 Å². The minimum Gasteiger partial charge on any atom is -0.468 e. The summed E-state index contributed by atoms with van der Waals surface area (Å²) in [4.78, 5) is 10.3. The van der Waals surface area contributed by atoms with E-state index in [2.05, 4.69) is 14.9 Å². The minimum atomic E-state index is -4.41. The number of halogens is 3. The number of hydrogen-bond acceptors (Lipinski definition) is 5. The first-order chi connectivity index (χ1) is 12.8. The maximum atomic E-state index is 12.4. The van der Waals surface area contributed by atoms with Gasteiger partial charge in [0.15, 0.2) is 6.61 Å². The number of aromatic nitrogens is 2. The van der Waals surface area contributed by atoms with E-state index in [4.69, 9.17) is 4.74 Å². The summed E-state index contributed by atoms with van der Waals surface area (Å²) >= 11 is 0. The quantitative estimate of drug-likeness (QED) is 0.862. The lowest BCUT2D eigenvalue weighted by atomic mass is 9.87. The summed E-state index contributed by atoms with van der Waals surface area (Å²) in [7, 11) is 0. The third-order valence-corrected chi connectivity index (χ3v) is 4.69. The molecular formula is C19H22F3N3O2. The van der Waals surface area contributed by atoms with E-state index in [9.17, 15) is 18.3 Å². The SMILES string of the molecule is Cc1ccc(C2(O)CCN(Cc3cccnc3OCC(F)(F)F)CC2)nc1. The van der Waals surface area contributed by atoms with Gasteiger partial charge >= 0.3 is 6.18 Å². The highest BCUT2D eigenvalue weighted by Crippen LogP contribution is 2.32. The van der Waals surface area contributed by atoms with Gasteiger partial charge in [-0.2, -0.15) is 13.2 Å². The molecule has 1 saturated heterocycles. The van der Waals surface area contributed by atoms with E-state index in [1.807, 2.05) is 19.1 Å². The van der Waals surface area contributed by atoms with Gasteiger partial charge in [0, 0.05) is 37.6 Å². The van der Waals surface area contributed by atoms with Crippen LogP contribution in [-0.2, 0) is 12.1 Å². The Labute approximate surface area is 155 Å². The van der Waals surface area contributed by atoms with Crippen molar-refractivity contribution in [3.05, 3.63) is 53.5 Å². The number of aliphatic hydroxyl groups is 1. The molecule has 8 heteroatoms. The molecule has 3 heterocycles. The lowest BCUT2D eigenvalue weighted by Gasteiger charge is -2.38. The van der Waals surface area contributed by atoms with Gasteiger partial charge < -0.3 is 9.84 Å². The second-order valence-electron chi connectivity index (χ2n) is 6.90. The van der Waals surface area contributed by atoms with E-state index < -0.39 is 18.4 Å². The Bertz CT molecular complexity index is 758. The predicted octanol–water partition coefficient (Wildman–Crippen LogP) is 3.21. The van der Waals surface area contributed by atoms with Gasteiger partial charge in [-0.25, -0.2) is 4.98 Å². The molecule has 0 spiro atoms. The second kappa shape index (κ2) is 7.82. The van der Waals surface area contributed by atoms with Crippen molar-refractivity contribution >= 4 is 0 Å². The molecule has 0 atom stereocenters. The molecule has 1 fully saturated rings. The monoisotopic (exact) mass is 381 g/mol. The van der Waals surface area contributed by atoms with Crippen molar-refractivity contribution in [1.29, 1.82) is 0 Å². The average Bonchev–Trinajstić information content (AvgIpc) is 2.63.